The average Bonchev–Trinajstić information content (AvgIpc) is 2.03. The summed E-state index contributed by atoms with van der Waals surface area (Å²) >= 11 is 0. The number of hydrogen-bond donors (Lipinski definition) is 1. The number of ether oxygens (including phenoxy) is 1. The van der Waals surface area contributed by atoms with Crippen molar-refractivity contribution in [2.45, 2.75) is 26.7 Å². The third kappa shape index (κ3) is 2.81. The Morgan fingerprint density at radius 3 is 2.58 bits per heavy atom. The maximum absolute atomic E-state index is 5.49. The second kappa shape index (κ2) is 3.90. The SMILES string of the molecule is CC(N)=NCC1(C)CCOCC1. The lowest BCUT2D eigenvalue weighted by Crippen LogP contribution is -2.30. The van der Waals surface area contributed by atoms with Crippen LogP contribution < -0.4 is 5.73 Å². The van der Waals surface area contributed by atoms with Gasteiger partial charge in [-0.1, -0.05) is 6.92 Å². The minimum Gasteiger partial charge on any atom is -0.388 e. The molecule has 0 aromatic carbocycles. The largest absolute Gasteiger partial charge is 0.388 e. The van der Waals surface area contributed by atoms with E-state index in [0.717, 1.165) is 32.6 Å². The van der Waals surface area contributed by atoms with E-state index in [2.05, 4.69) is 11.9 Å². The van der Waals surface area contributed by atoms with Gasteiger partial charge in [0, 0.05) is 19.8 Å². The maximum Gasteiger partial charge on any atom is 0.0905 e. The van der Waals surface area contributed by atoms with Gasteiger partial charge in [0.15, 0.2) is 0 Å². The minimum atomic E-state index is 0.318. The molecule has 0 aromatic rings. The Morgan fingerprint density at radius 2 is 2.08 bits per heavy atom. The van der Waals surface area contributed by atoms with Crippen molar-refractivity contribution in [1.29, 1.82) is 0 Å². The fourth-order valence-corrected chi connectivity index (χ4v) is 1.34. The Kier molecular flexibility index (Phi) is 3.09. The third-order valence-electron chi connectivity index (χ3n) is 2.41. The van der Waals surface area contributed by atoms with Crippen LogP contribution in [0.1, 0.15) is 26.7 Å². The fraction of sp³-hybridized carbons (Fsp3) is 0.889. The molecular formula is C9H18N2O. The lowest BCUT2D eigenvalue weighted by Gasteiger charge is -2.31. The van der Waals surface area contributed by atoms with Crippen LogP contribution in [0.4, 0.5) is 0 Å². The first kappa shape index (κ1) is 9.52. The van der Waals surface area contributed by atoms with Crippen LogP contribution in [0.5, 0.6) is 0 Å². The second-order valence-corrected chi connectivity index (χ2v) is 3.88. The summed E-state index contributed by atoms with van der Waals surface area (Å²) < 4.78 is 5.29. The van der Waals surface area contributed by atoms with E-state index in [1.165, 1.54) is 0 Å². The van der Waals surface area contributed by atoms with Crippen molar-refractivity contribution in [3.8, 4) is 0 Å². The molecule has 0 spiro atoms. The molecule has 0 saturated carbocycles. The van der Waals surface area contributed by atoms with Crippen LogP contribution in [0, 0.1) is 5.41 Å². The topological polar surface area (TPSA) is 47.6 Å². The van der Waals surface area contributed by atoms with Crippen LogP contribution in [0.2, 0.25) is 0 Å². The Hall–Kier alpha value is -0.570. The van der Waals surface area contributed by atoms with E-state index < -0.39 is 0 Å². The zero-order valence-electron chi connectivity index (χ0n) is 7.97. The molecule has 12 heavy (non-hydrogen) atoms. The van der Waals surface area contributed by atoms with Gasteiger partial charge in [-0.2, -0.15) is 0 Å². The first-order valence-corrected chi connectivity index (χ1v) is 4.47. The van der Waals surface area contributed by atoms with Gasteiger partial charge in [-0.15, -0.1) is 0 Å². The normalized spacial score (nSPS) is 24.0. The van der Waals surface area contributed by atoms with Crippen molar-refractivity contribution in [3.05, 3.63) is 0 Å². The smallest absolute Gasteiger partial charge is 0.0905 e. The van der Waals surface area contributed by atoms with Crippen LogP contribution in [0.15, 0.2) is 4.99 Å². The molecule has 0 atom stereocenters. The number of hydrogen-bond acceptors (Lipinski definition) is 2. The highest BCUT2D eigenvalue weighted by Gasteiger charge is 2.26. The van der Waals surface area contributed by atoms with Gasteiger partial charge in [0.1, 0.15) is 0 Å². The summed E-state index contributed by atoms with van der Waals surface area (Å²) in [6.07, 6.45) is 2.20. The molecular weight excluding hydrogens is 152 g/mol. The molecule has 2 N–H and O–H groups in total. The zero-order chi connectivity index (χ0) is 9.03. The Bertz CT molecular complexity index is 167. The summed E-state index contributed by atoms with van der Waals surface area (Å²) in [5, 5.41) is 0. The Balaban J connectivity index is 2.41. The van der Waals surface area contributed by atoms with Gasteiger partial charge in [-0.3, -0.25) is 4.99 Å². The monoisotopic (exact) mass is 170 g/mol. The van der Waals surface area contributed by atoms with Gasteiger partial charge in [-0.05, 0) is 25.2 Å². The summed E-state index contributed by atoms with van der Waals surface area (Å²) in [7, 11) is 0. The average molecular weight is 170 g/mol. The molecule has 0 aliphatic carbocycles. The van der Waals surface area contributed by atoms with Crippen molar-refractivity contribution >= 4 is 5.84 Å². The summed E-state index contributed by atoms with van der Waals surface area (Å²) in [6, 6.07) is 0. The molecule has 1 aliphatic heterocycles. The van der Waals surface area contributed by atoms with Crippen molar-refractivity contribution in [3.63, 3.8) is 0 Å². The van der Waals surface area contributed by atoms with E-state index >= 15 is 0 Å². The quantitative estimate of drug-likeness (QED) is 0.499. The van der Waals surface area contributed by atoms with Crippen molar-refractivity contribution in [1.82, 2.24) is 0 Å². The first-order valence-electron chi connectivity index (χ1n) is 4.47. The lowest BCUT2D eigenvalue weighted by atomic mass is 9.82. The zero-order valence-corrected chi connectivity index (χ0v) is 7.97. The highest BCUT2D eigenvalue weighted by molar-refractivity contribution is 5.77. The van der Waals surface area contributed by atoms with Gasteiger partial charge >= 0.3 is 0 Å². The Labute approximate surface area is 74.0 Å². The third-order valence-corrected chi connectivity index (χ3v) is 2.41. The number of amidine groups is 1. The van der Waals surface area contributed by atoms with Gasteiger partial charge in [0.25, 0.3) is 0 Å². The van der Waals surface area contributed by atoms with E-state index in [0.29, 0.717) is 11.3 Å². The van der Waals surface area contributed by atoms with E-state index in [1.807, 2.05) is 6.92 Å². The van der Waals surface area contributed by atoms with Crippen LogP contribution in [0.3, 0.4) is 0 Å². The summed E-state index contributed by atoms with van der Waals surface area (Å²) in [5.41, 5.74) is 5.81. The fourth-order valence-electron chi connectivity index (χ4n) is 1.34. The lowest BCUT2D eigenvalue weighted by molar-refractivity contribution is 0.0283. The molecule has 3 nitrogen and oxygen atoms in total. The second-order valence-electron chi connectivity index (χ2n) is 3.88. The van der Waals surface area contributed by atoms with E-state index in [-0.39, 0.29) is 0 Å². The highest BCUT2D eigenvalue weighted by Crippen LogP contribution is 2.29. The number of rotatable bonds is 2. The Morgan fingerprint density at radius 1 is 1.50 bits per heavy atom. The molecule has 1 heterocycles. The summed E-state index contributed by atoms with van der Waals surface area (Å²) in [5.74, 6) is 0.683. The molecule has 1 aliphatic rings. The van der Waals surface area contributed by atoms with Gasteiger partial charge < -0.3 is 10.5 Å². The standard InChI is InChI=1S/C9H18N2O/c1-8(10)11-7-9(2)3-5-12-6-4-9/h3-7H2,1-2H3,(H2,10,11). The summed E-state index contributed by atoms with van der Waals surface area (Å²) in [4.78, 5) is 4.26. The van der Waals surface area contributed by atoms with Crippen molar-refractivity contribution < 1.29 is 4.74 Å². The molecule has 3 heteroatoms. The first-order chi connectivity index (χ1) is 5.62. The maximum atomic E-state index is 5.49. The molecule has 0 radical (unpaired) electrons. The minimum absolute atomic E-state index is 0.318. The molecule has 70 valence electrons. The summed E-state index contributed by atoms with van der Waals surface area (Å²) in [6.45, 7) is 6.68. The van der Waals surface area contributed by atoms with Crippen LogP contribution in [-0.2, 0) is 4.74 Å². The number of nitrogens with zero attached hydrogens (tertiary/aromatic N) is 1. The highest BCUT2D eigenvalue weighted by atomic mass is 16.5. The van der Waals surface area contributed by atoms with Crippen LogP contribution in [0.25, 0.3) is 0 Å². The van der Waals surface area contributed by atoms with Crippen LogP contribution in [-0.4, -0.2) is 25.6 Å². The molecule has 1 fully saturated rings. The number of aliphatic imine (C=N–C) groups is 1. The molecule has 1 rings (SSSR count). The van der Waals surface area contributed by atoms with Gasteiger partial charge in [0.2, 0.25) is 0 Å². The van der Waals surface area contributed by atoms with E-state index in [9.17, 15) is 0 Å². The van der Waals surface area contributed by atoms with Crippen molar-refractivity contribution in [2.24, 2.45) is 16.1 Å². The molecule has 0 bridgehead atoms. The molecule has 0 unspecified atom stereocenters. The predicted molar refractivity (Wildman–Crippen MR) is 50.3 cm³/mol. The molecule has 1 saturated heterocycles. The predicted octanol–water partition coefficient (Wildman–Crippen LogP) is 1.18. The van der Waals surface area contributed by atoms with Gasteiger partial charge in [0.05, 0.1) is 5.84 Å². The molecule has 0 amide bonds. The molecule has 0 aromatic heterocycles. The number of nitrogens with two attached hydrogens (primary N) is 1. The van der Waals surface area contributed by atoms with Gasteiger partial charge in [-0.25, -0.2) is 0 Å². The van der Waals surface area contributed by atoms with Crippen molar-refractivity contribution in [2.75, 3.05) is 19.8 Å². The van der Waals surface area contributed by atoms with E-state index in [1.54, 1.807) is 0 Å². The van der Waals surface area contributed by atoms with Crippen LogP contribution >= 0.6 is 0 Å². The van der Waals surface area contributed by atoms with E-state index in [4.69, 9.17) is 10.5 Å².